The van der Waals surface area contributed by atoms with Gasteiger partial charge in [-0.05, 0) is 79.0 Å². The predicted molar refractivity (Wildman–Crippen MR) is 154 cm³/mol. The van der Waals surface area contributed by atoms with E-state index < -0.39 is 5.24 Å². The zero-order chi connectivity index (χ0) is 26.7. The molecule has 1 aliphatic rings. The summed E-state index contributed by atoms with van der Waals surface area (Å²) in [6.45, 7) is 2.18. The summed E-state index contributed by atoms with van der Waals surface area (Å²) in [5.74, 6) is 0.807. The summed E-state index contributed by atoms with van der Waals surface area (Å²) in [6, 6.07) is 34.1. The monoisotopic (exact) mass is 526 g/mol. The van der Waals surface area contributed by atoms with Gasteiger partial charge in [-0.15, -0.1) is 0 Å². The highest BCUT2D eigenvalue weighted by Crippen LogP contribution is 2.26. The van der Waals surface area contributed by atoms with Gasteiger partial charge in [-0.1, -0.05) is 72.8 Å². The smallest absolute Gasteiger partial charge is 0.255 e. The Morgan fingerprint density at radius 3 is 1.95 bits per heavy atom. The van der Waals surface area contributed by atoms with Gasteiger partial charge in [0.15, 0.2) is 0 Å². The molecule has 0 atom stereocenters. The Kier molecular flexibility index (Phi) is 9.68. The van der Waals surface area contributed by atoms with Crippen molar-refractivity contribution in [2.75, 3.05) is 25.5 Å². The fraction of sp³-hybridized carbons (Fsp3) is 0.188. The molecular weight excluding hydrogens is 496 g/mol. The van der Waals surface area contributed by atoms with E-state index >= 15 is 0 Å². The summed E-state index contributed by atoms with van der Waals surface area (Å²) >= 11 is 5.16. The van der Waals surface area contributed by atoms with Crippen LogP contribution in [0, 0.1) is 0 Å². The number of amides is 1. The lowest BCUT2D eigenvalue weighted by atomic mass is 10.0. The minimum Gasteiger partial charge on any atom is -0.490 e. The molecule has 0 unspecified atom stereocenters. The molecule has 1 aliphatic heterocycles. The van der Waals surface area contributed by atoms with E-state index in [2.05, 4.69) is 29.4 Å². The van der Waals surface area contributed by atoms with Crippen molar-refractivity contribution in [1.82, 2.24) is 4.90 Å². The maximum atomic E-state index is 12.4. The molecule has 0 spiro atoms. The molecule has 5 rings (SSSR count). The third-order valence-corrected chi connectivity index (χ3v) is 6.53. The minimum absolute atomic E-state index is 0.107. The van der Waals surface area contributed by atoms with E-state index in [9.17, 15) is 9.59 Å². The highest BCUT2D eigenvalue weighted by molar-refractivity contribution is 6.67. The molecule has 0 radical (unpaired) electrons. The number of nitrogens with one attached hydrogen (secondary N) is 1. The first-order valence-corrected chi connectivity index (χ1v) is 13.0. The van der Waals surface area contributed by atoms with E-state index in [-0.39, 0.29) is 5.91 Å². The Labute approximate surface area is 229 Å². The normalized spacial score (nSPS) is 13.6. The summed E-state index contributed by atoms with van der Waals surface area (Å²) in [4.78, 5) is 25.1. The second-order valence-corrected chi connectivity index (χ2v) is 9.53. The van der Waals surface area contributed by atoms with Crippen LogP contribution in [0.2, 0.25) is 0 Å². The Morgan fingerprint density at radius 2 is 1.37 bits per heavy atom. The lowest BCUT2D eigenvalue weighted by Crippen LogP contribution is -2.35. The van der Waals surface area contributed by atoms with Crippen molar-refractivity contribution in [2.45, 2.75) is 18.9 Å². The summed E-state index contributed by atoms with van der Waals surface area (Å²) in [7, 11) is 2.15. The Hall–Kier alpha value is -3.93. The van der Waals surface area contributed by atoms with Crippen molar-refractivity contribution in [3.63, 3.8) is 0 Å². The maximum Gasteiger partial charge on any atom is 0.255 e. The van der Waals surface area contributed by atoms with Crippen molar-refractivity contribution >= 4 is 28.4 Å². The summed E-state index contributed by atoms with van der Waals surface area (Å²) in [5.41, 5.74) is 4.12. The quantitative estimate of drug-likeness (QED) is 0.271. The molecule has 1 N–H and O–H groups in total. The van der Waals surface area contributed by atoms with Crippen LogP contribution in [0.1, 0.15) is 33.6 Å². The summed E-state index contributed by atoms with van der Waals surface area (Å²) in [5, 5.41) is 2.56. The maximum absolute atomic E-state index is 12.4. The molecule has 194 valence electrons. The van der Waals surface area contributed by atoms with Gasteiger partial charge in [-0.25, -0.2) is 0 Å². The molecule has 1 fully saturated rings. The highest BCUT2D eigenvalue weighted by Gasteiger charge is 2.18. The second-order valence-electron chi connectivity index (χ2n) is 9.19. The average molecular weight is 527 g/mol. The van der Waals surface area contributed by atoms with Gasteiger partial charge in [-0.2, -0.15) is 0 Å². The Morgan fingerprint density at radius 1 is 0.763 bits per heavy atom. The molecule has 6 heteroatoms. The largest absolute Gasteiger partial charge is 0.490 e. The summed E-state index contributed by atoms with van der Waals surface area (Å²) < 4.78 is 6.14. The molecule has 38 heavy (non-hydrogen) atoms. The fourth-order valence-electron chi connectivity index (χ4n) is 4.16. The number of rotatable bonds is 6. The van der Waals surface area contributed by atoms with E-state index in [1.165, 1.54) is 0 Å². The number of piperidine rings is 1. The van der Waals surface area contributed by atoms with Crippen LogP contribution < -0.4 is 10.1 Å². The molecule has 0 aromatic heterocycles. The van der Waals surface area contributed by atoms with Crippen molar-refractivity contribution in [3.8, 4) is 16.9 Å². The van der Waals surface area contributed by atoms with E-state index in [0.717, 1.165) is 48.5 Å². The van der Waals surface area contributed by atoms with Crippen LogP contribution in [0.3, 0.4) is 0 Å². The Bertz CT molecular complexity index is 1320. The number of likely N-dealkylation sites (tertiary alicyclic amines) is 1. The van der Waals surface area contributed by atoms with Gasteiger partial charge < -0.3 is 15.0 Å². The average Bonchev–Trinajstić information content (AvgIpc) is 2.96. The molecular formula is C32H31ClN2O3. The number of anilines is 1. The standard InChI is InChI=1S/C25H26N2O2.C7H5ClO/c1-27-16-14-24(15-17-27)29-23-12-10-19(11-13-23)21-8-5-9-22(18-21)26-25(28)20-6-3-2-4-7-20;8-7(9)6-4-2-1-3-5-6/h2-13,18,24H,14-17H2,1H3,(H,26,28);1-5H. The molecule has 1 saturated heterocycles. The number of benzene rings is 4. The van der Waals surface area contributed by atoms with Gasteiger partial charge in [0.2, 0.25) is 0 Å². The van der Waals surface area contributed by atoms with Crippen molar-refractivity contribution < 1.29 is 14.3 Å². The molecule has 1 heterocycles. The van der Waals surface area contributed by atoms with Crippen LogP contribution in [0.15, 0.2) is 109 Å². The number of hydrogen-bond acceptors (Lipinski definition) is 4. The molecule has 4 aromatic carbocycles. The zero-order valence-electron chi connectivity index (χ0n) is 21.3. The van der Waals surface area contributed by atoms with Gasteiger partial charge in [-0.3, -0.25) is 9.59 Å². The number of nitrogens with zero attached hydrogens (tertiary/aromatic N) is 1. The van der Waals surface area contributed by atoms with E-state index in [4.69, 9.17) is 16.3 Å². The first kappa shape index (κ1) is 27.1. The summed E-state index contributed by atoms with van der Waals surface area (Å²) in [6.07, 6.45) is 2.44. The number of halogens is 1. The van der Waals surface area contributed by atoms with E-state index in [1.54, 1.807) is 24.3 Å². The van der Waals surface area contributed by atoms with Crippen molar-refractivity contribution in [1.29, 1.82) is 0 Å². The number of carbonyl (C=O) groups is 2. The first-order valence-electron chi connectivity index (χ1n) is 12.6. The van der Waals surface area contributed by atoms with Crippen LogP contribution in [0.4, 0.5) is 5.69 Å². The minimum atomic E-state index is -0.407. The van der Waals surface area contributed by atoms with Crippen LogP contribution >= 0.6 is 11.6 Å². The van der Waals surface area contributed by atoms with Crippen molar-refractivity contribution in [2.24, 2.45) is 0 Å². The first-order chi connectivity index (χ1) is 18.5. The second kappa shape index (κ2) is 13.6. The third-order valence-electron chi connectivity index (χ3n) is 6.31. The zero-order valence-corrected chi connectivity index (χ0v) is 22.1. The number of carbonyl (C=O) groups excluding carboxylic acids is 2. The van der Waals surface area contributed by atoms with E-state index in [1.807, 2.05) is 72.8 Å². The molecule has 1 amide bonds. The highest BCUT2D eigenvalue weighted by atomic mass is 35.5. The number of hydrogen-bond donors (Lipinski definition) is 1. The Balaban J connectivity index is 0.000000317. The van der Waals surface area contributed by atoms with Crippen LogP contribution in [0.5, 0.6) is 5.75 Å². The van der Waals surface area contributed by atoms with Crippen molar-refractivity contribution in [3.05, 3.63) is 120 Å². The predicted octanol–water partition coefficient (Wildman–Crippen LogP) is 7.14. The van der Waals surface area contributed by atoms with Gasteiger partial charge >= 0.3 is 0 Å². The molecule has 0 bridgehead atoms. The van der Waals surface area contributed by atoms with Gasteiger partial charge in [0.1, 0.15) is 11.9 Å². The topological polar surface area (TPSA) is 58.6 Å². The van der Waals surface area contributed by atoms with Crippen LogP contribution in [0.25, 0.3) is 11.1 Å². The lowest BCUT2D eigenvalue weighted by molar-refractivity contribution is 0.102. The molecule has 0 saturated carbocycles. The molecule has 5 nitrogen and oxygen atoms in total. The van der Waals surface area contributed by atoms with Crippen LogP contribution in [-0.4, -0.2) is 42.3 Å². The van der Waals surface area contributed by atoms with Crippen LogP contribution in [-0.2, 0) is 0 Å². The lowest BCUT2D eigenvalue weighted by Gasteiger charge is -2.29. The molecule has 0 aliphatic carbocycles. The van der Waals surface area contributed by atoms with E-state index in [0.29, 0.717) is 17.2 Å². The third kappa shape index (κ3) is 8.04. The SMILES string of the molecule is CN1CCC(Oc2ccc(-c3cccc(NC(=O)c4ccccc4)c3)cc2)CC1.O=C(Cl)c1ccccc1. The number of ether oxygens (including phenoxy) is 1. The fourth-order valence-corrected chi connectivity index (χ4v) is 4.29. The van der Waals surface area contributed by atoms with Gasteiger partial charge in [0.25, 0.3) is 11.1 Å². The van der Waals surface area contributed by atoms with Gasteiger partial charge in [0.05, 0.1) is 0 Å². The van der Waals surface area contributed by atoms with Gasteiger partial charge in [0, 0.05) is 29.9 Å². The molecule has 4 aromatic rings.